The van der Waals surface area contributed by atoms with Gasteiger partial charge in [0.1, 0.15) is 17.0 Å². The summed E-state index contributed by atoms with van der Waals surface area (Å²) in [5, 5.41) is 10.4. The SMILES string of the molecule is Cc1ccc(-n2cnnc2SC(C)c2nc3sc4c(c3c(=O)[nH]2)CCC(C)C4)cc1Cl. The van der Waals surface area contributed by atoms with E-state index >= 15 is 0 Å². The first-order valence-electron chi connectivity index (χ1n) is 10.3. The molecule has 6 nitrogen and oxygen atoms in total. The van der Waals surface area contributed by atoms with E-state index in [2.05, 4.69) is 22.1 Å². The summed E-state index contributed by atoms with van der Waals surface area (Å²) in [6.07, 6.45) is 4.81. The Balaban J connectivity index is 1.47. The highest BCUT2D eigenvalue weighted by Crippen LogP contribution is 2.38. The van der Waals surface area contributed by atoms with E-state index in [1.165, 1.54) is 22.2 Å². The van der Waals surface area contributed by atoms with E-state index < -0.39 is 0 Å². The monoisotopic (exact) mass is 471 g/mol. The number of hydrogen-bond acceptors (Lipinski definition) is 6. The molecule has 0 saturated heterocycles. The average molecular weight is 472 g/mol. The van der Waals surface area contributed by atoms with Crippen LogP contribution in [0.5, 0.6) is 0 Å². The third-order valence-electron chi connectivity index (χ3n) is 5.80. The van der Waals surface area contributed by atoms with Crippen LogP contribution in [0.15, 0.2) is 34.5 Å². The van der Waals surface area contributed by atoms with Crippen LogP contribution in [0, 0.1) is 12.8 Å². The highest BCUT2D eigenvalue weighted by molar-refractivity contribution is 7.99. The maximum Gasteiger partial charge on any atom is 0.259 e. The molecule has 31 heavy (non-hydrogen) atoms. The van der Waals surface area contributed by atoms with E-state index in [9.17, 15) is 4.79 Å². The van der Waals surface area contributed by atoms with Crippen molar-refractivity contribution >= 4 is 44.9 Å². The minimum atomic E-state index is -0.0981. The number of aromatic amines is 1. The molecule has 3 heterocycles. The molecule has 4 aromatic rings. The fourth-order valence-corrected chi connectivity index (χ4v) is 6.45. The number of hydrogen-bond donors (Lipinski definition) is 1. The van der Waals surface area contributed by atoms with Gasteiger partial charge in [0.25, 0.3) is 5.56 Å². The molecule has 160 valence electrons. The molecular weight excluding hydrogens is 450 g/mol. The molecule has 2 unspecified atom stereocenters. The Kier molecular flexibility index (Phi) is 5.40. The van der Waals surface area contributed by atoms with Crippen LogP contribution in [0.1, 0.15) is 47.3 Å². The second-order valence-corrected chi connectivity index (χ2v) is 11.0. The van der Waals surface area contributed by atoms with Crippen molar-refractivity contribution in [2.24, 2.45) is 5.92 Å². The maximum atomic E-state index is 12.9. The molecular formula is C22H22ClN5OS2. The highest BCUT2D eigenvalue weighted by Gasteiger charge is 2.24. The number of aryl methyl sites for hydroxylation is 2. The third kappa shape index (κ3) is 3.81. The Morgan fingerprint density at radius 1 is 1.39 bits per heavy atom. The molecule has 0 radical (unpaired) electrons. The van der Waals surface area contributed by atoms with Crippen molar-refractivity contribution in [1.29, 1.82) is 0 Å². The fourth-order valence-electron chi connectivity index (χ4n) is 3.99. The number of fused-ring (bicyclic) bond motifs is 3. The highest BCUT2D eigenvalue weighted by atomic mass is 35.5. The summed E-state index contributed by atoms with van der Waals surface area (Å²) in [7, 11) is 0. The lowest BCUT2D eigenvalue weighted by molar-refractivity contribution is 0.509. The smallest absolute Gasteiger partial charge is 0.259 e. The standard InChI is InChI=1S/C22H22ClN5OS2/c1-11-4-7-15-17(8-11)31-21-18(15)20(29)25-19(26-21)13(3)30-22-27-24-10-28(22)14-6-5-12(2)16(23)9-14/h5-6,9-11,13H,4,7-8H2,1-3H3,(H,25,26,29). The summed E-state index contributed by atoms with van der Waals surface area (Å²) < 4.78 is 1.90. The van der Waals surface area contributed by atoms with Gasteiger partial charge in [-0.05, 0) is 62.3 Å². The van der Waals surface area contributed by atoms with E-state index in [1.807, 2.05) is 36.6 Å². The molecule has 3 aromatic heterocycles. The minimum absolute atomic E-state index is 0.0358. The van der Waals surface area contributed by atoms with Crippen LogP contribution in [0.3, 0.4) is 0 Å². The van der Waals surface area contributed by atoms with Gasteiger partial charge < -0.3 is 4.98 Å². The molecule has 0 fully saturated rings. The largest absolute Gasteiger partial charge is 0.309 e. The van der Waals surface area contributed by atoms with E-state index in [1.54, 1.807) is 17.7 Å². The van der Waals surface area contributed by atoms with Gasteiger partial charge in [-0.25, -0.2) is 4.98 Å². The van der Waals surface area contributed by atoms with Crippen LogP contribution in [0.4, 0.5) is 0 Å². The first-order chi connectivity index (χ1) is 14.9. The van der Waals surface area contributed by atoms with Gasteiger partial charge in [-0.15, -0.1) is 21.5 Å². The first kappa shape index (κ1) is 20.7. The van der Waals surface area contributed by atoms with Crippen molar-refractivity contribution < 1.29 is 0 Å². The summed E-state index contributed by atoms with van der Waals surface area (Å²) >= 11 is 9.48. The van der Waals surface area contributed by atoms with Gasteiger partial charge in [0.2, 0.25) is 0 Å². The summed E-state index contributed by atoms with van der Waals surface area (Å²) in [5.41, 5.74) is 3.08. The zero-order valence-electron chi connectivity index (χ0n) is 17.5. The van der Waals surface area contributed by atoms with Crippen molar-refractivity contribution in [2.75, 3.05) is 0 Å². The van der Waals surface area contributed by atoms with Crippen LogP contribution in [-0.2, 0) is 12.8 Å². The molecule has 0 bridgehead atoms. The number of rotatable bonds is 4. The van der Waals surface area contributed by atoms with Crippen LogP contribution in [0.2, 0.25) is 5.02 Å². The van der Waals surface area contributed by atoms with E-state index in [-0.39, 0.29) is 10.8 Å². The number of H-pyrrole nitrogens is 1. The van der Waals surface area contributed by atoms with Gasteiger partial charge >= 0.3 is 0 Å². The van der Waals surface area contributed by atoms with E-state index in [4.69, 9.17) is 16.6 Å². The van der Waals surface area contributed by atoms with Gasteiger partial charge in [0.05, 0.1) is 16.3 Å². The lowest BCUT2D eigenvalue weighted by Gasteiger charge is -2.17. The lowest BCUT2D eigenvalue weighted by Crippen LogP contribution is -2.15. The number of halogens is 1. The number of nitrogens with one attached hydrogen (secondary N) is 1. The molecule has 0 aliphatic heterocycles. The number of thiophene rings is 1. The average Bonchev–Trinajstić information content (AvgIpc) is 3.33. The van der Waals surface area contributed by atoms with Gasteiger partial charge in [-0.1, -0.05) is 36.4 Å². The summed E-state index contributed by atoms with van der Waals surface area (Å²) in [5.74, 6) is 1.32. The molecule has 2 atom stereocenters. The third-order valence-corrected chi connectivity index (χ3v) is 8.42. The molecule has 5 rings (SSSR count). The van der Waals surface area contributed by atoms with Crippen LogP contribution in [0.25, 0.3) is 15.9 Å². The summed E-state index contributed by atoms with van der Waals surface area (Å²) in [6, 6.07) is 5.86. The second kappa shape index (κ2) is 8.07. The number of nitrogens with zero attached hydrogens (tertiary/aromatic N) is 4. The Morgan fingerprint density at radius 2 is 2.23 bits per heavy atom. The molecule has 1 aliphatic carbocycles. The van der Waals surface area contributed by atoms with E-state index in [0.717, 1.165) is 45.9 Å². The lowest BCUT2D eigenvalue weighted by atomic mass is 9.89. The molecule has 0 saturated carbocycles. The first-order valence-corrected chi connectivity index (χ1v) is 12.4. The molecule has 0 spiro atoms. The minimum Gasteiger partial charge on any atom is -0.309 e. The van der Waals surface area contributed by atoms with Gasteiger partial charge in [-0.2, -0.15) is 0 Å². The zero-order valence-corrected chi connectivity index (χ0v) is 19.9. The van der Waals surface area contributed by atoms with Crippen molar-refractivity contribution in [1.82, 2.24) is 24.7 Å². The normalized spacial score (nSPS) is 17.1. The maximum absolute atomic E-state index is 12.9. The predicted octanol–water partition coefficient (Wildman–Crippen LogP) is 5.51. The second-order valence-electron chi connectivity index (χ2n) is 8.16. The van der Waals surface area contributed by atoms with Gasteiger partial charge in [0.15, 0.2) is 5.16 Å². The molecule has 0 amide bonds. The Morgan fingerprint density at radius 3 is 3.03 bits per heavy atom. The van der Waals surface area contributed by atoms with Crippen LogP contribution >= 0.6 is 34.7 Å². The number of thioether (sulfide) groups is 1. The fraction of sp³-hybridized carbons (Fsp3) is 0.364. The summed E-state index contributed by atoms with van der Waals surface area (Å²) in [4.78, 5) is 23.0. The Bertz CT molecular complexity index is 1340. The predicted molar refractivity (Wildman–Crippen MR) is 127 cm³/mol. The summed E-state index contributed by atoms with van der Waals surface area (Å²) in [6.45, 7) is 6.26. The number of benzene rings is 1. The molecule has 1 aliphatic rings. The topological polar surface area (TPSA) is 76.5 Å². The molecule has 1 aromatic carbocycles. The Hall–Kier alpha value is -2.16. The van der Waals surface area contributed by atoms with E-state index in [0.29, 0.717) is 16.8 Å². The van der Waals surface area contributed by atoms with Crippen LogP contribution in [-0.4, -0.2) is 24.7 Å². The van der Waals surface area contributed by atoms with Crippen molar-refractivity contribution in [2.45, 2.75) is 50.4 Å². The zero-order chi connectivity index (χ0) is 21.7. The van der Waals surface area contributed by atoms with Gasteiger partial charge in [-0.3, -0.25) is 9.36 Å². The van der Waals surface area contributed by atoms with Crippen LogP contribution < -0.4 is 5.56 Å². The quantitative estimate of drug-likeness (QED) is 0.397. The Labute approximate surface area is 193 Å². The number of aromatic nitrogens is 5. The molecule has 9 heteroatoms. The molecule has 1 N–H and O–H groups in total. The van der Waals surface area contributed by atoms with Crippen molar-refractivity contribution in [3.05, 3.63) is 61.7 Å². The van der Waals surface area contributed by atoms with Crippen molar-refractivity contribution in [3.8, 4) is 5.69 Å². The van der Waals surface area contributed by atoms with Gasteiger partial charge in [0, 0.05) is 9.90 Å². The van der Waals surface area contributed by atoms with Crippen molar-refractivity contribution in [3.63, 3.8) is 0 Å².